The first-order valence-electron chi connectivity index (χ1n) is 5.12. The number of alkyl halides is 3. The molecule has 1 aromatic carbocycles. The van der Waals surface area contributed by atoms with E-state index in [1.165, 1.54) is 19.2 Å². The molecule has 8 heteroatoms. The van der Waals surface area contributed by atoms with Crippen molar-refractivity contribution in [2.24, 2.45) is 0 Å². The molecule has 0 fully saturated rings. The maximum atomic E-state index is 12.5. The number of alkyl carbamates (subject to hydrolysis) is 1. The maximum Gasteiger partial charge on any atom is 0.416 e. The van der Waals surface area contributed by atoms with Crippen LogP contribution in [-0.2, 0) is 17.5 Å². The third kappa shape index (κ3) is 5.12. The third-order valence-electron chi connectivity index (χ3n) is 2.11. The molecule has 1 rings (SSSR count). The van der Waals surface area contributed by atoms with E-state index in [4.69, 9.17) is 12.2 Å². The second-order valence-electron chi connectivity index (χ2n) is 3.50. The Morgan fingerprint density at radius 2 is 2.11 bits per heavy atom. The summed E-state index contributed by atoms with van der Waals surface area (Å²) < 4.78 is 41.7. The second-order valence-corrected chi connectivity index (χ2v) is 3.91. The highest BCUT2D eigenvalue weighted by Gasteiger charge is 2.30. The summed E-state index contributed by atoms with van der Waals surface area (Å²) in [5.41, 5.74) is -0.345. The number of nitrogens with one attached hydrogen (secondary N) is 2. The van der Waals surface area contributed by atoms with Crippen molar-refractivity contribution in [2.45, 2.75) is 12.7 Å². The van der Waals surface area contributed by atoms with Gasteiger partial charge in [0.1, 0.15) is 0 Å². The van der Waals surface area contributed by atoms with Crippen LogP contribution in [0.2, 0.25) is 0 Å². The van der Waals surface area contributed by atoms with Crippen LogP contribution in [0.5, 0.6) is 0 Å². The lowest BCUT2D eigenvalue weighted by Gasteiger charge is -2.11. The Morgan fingerprint density at radius 3 is 2.68 bits per heavy atom. The Morgan fingerprint density at radius 1 is 1.42 bits per heavy atom. The lowest BCUT2D eigenvalue weighted by Crippen LogP contribution is -2.38. The summed E-state index contributed by atoms with van der Waals surface area (Å²) in [5.74, 6) is 0. The number of ether oxygens (including phenoxy) is 1. The fraction of sp³-hybridized carbons (Fsp3) is 0.273. The molecule has 0 unspecified atom stereocenters. The molecule has 0 aliphatic heterocycles. The van der Waals surface area contributed by atoms with Crippen molar-refractivity contribution in [1.82, 2.24) is 10.6 Å². The van der Waals surface area contributed by atoms with Crippen LogP contribution in [-0.4, -0.2) is 18.3 Å². The Kier molecular flexibility index (Phi) is 5.11. The van der Waals surface area contributed by atoms with Crippen molar-refractivity contribution in [3.63, 3.8) is 0 Å². The van der Waals surface area contributed by atoms with E-state index >= 15 is 0 Å². The summed E-state index contributed by atoms with van der Waals surface area (Å²) in [6.45, 7) is 0.0622. The number of rotatable bonds is 2. The molecule has 0 bridgehead atoms. The van der Waals surface area contributed by atoms with Gasteiger partial charge in [-0.3, -0.25) is 5.32 Å². The average Bonchev–Trinajstić information content (AvgIpc) is 2.35. The predicted molar refractivity (Wildman–Crippen MR) is 66.4 cm³/mol. The average molecular weight is 292 g/mol. The molecule has 0 saturated carbocycles. The molecule has 0 aliphatic carbocycles. The molecule has 0 atom stereocenters. The molecule has 0 heterocycles. The molecule has 0 radical (unpaired) electrons. The molecular formula is C11H11F3N2O2S. The van der Waals surface area contributed by atoms with Gasteiger partial charge in [0.05, 0.1) is 12.7 Å². The Hall–Kier alpha value is -1.83. The molecule has 1 aromatic rings. The minimum Gasteiger partial charge on any atom is -0.453 e. The van der Waals surface area contributed by atoms with E-state index in [-0.39, 0.29) is 11.7 Å². The lowest BCUT2D eigenvalue weighted by molar-refractivity contribution is -0.137. The largest absolute Gasteiger partial charge is 0.453 e. The molecule has 1 amide bonds. The minimum atomic E-state index is -4.39. The van der Waals surface area contributed by atoms with Crippen LogP contribution in [0.1, 0.15) is 11.1 Å². The van der Waals surface area contributed by atoms with E-state index in [0.717, 1.165) is 12.1 Å². The Labute approximate surface area is 112 Å². The number of methoxy groups -OCH3 is 1. The van der Waals surface area contributed by atoms with Crippen molar-refractivity contribution >= 4 is 23.4 Å². The van der Waals surface area contributed by atoms with Crippen LogP contribution < -0.4 is 10.6 Å². The summed E-state index contributed by atoms with van der Waals surface area (Å²) >= 11 is 4.76. The first-order valence-corrected chi connectivity index (χ1v) is 5.52. The monoisotopic (exact) mass is 292 g/mol. The number of thiocarbonyl (C=S) groups is 1. The molecule has 0 aromatic heterocycles. The van der Waals surface area contributed by atoms with Gasteiger partial charge in [0.25, 0.3) is 0 Å². The smallest absolute Gasteiger partial charge is 0.416 e. The first kappa shape index (κ1) is 15.2. The molecule has 0 saturated heterocycles. The topological polar surface area (TPSA) is 50.4 Å². The summed E-state index contributed by atoms with van der Waals surface area (Å²) in [5, 5.41) is 4.75. The normalized spacial score (nSPS) is 10.7. The number of amides is 1. The van der Waals surface area contributed by atoms with E-state index in [9.17, 15) is 18.0 Å². The van der Waals surface area contributed by atoms with Crippen molar-refractivity contribution in [3.8, 4) is 0 Å². The maximum absolute atomic E-state index is 12.5. The van der Waals surface area contributed by atoms with Gasteiger partial charge in [-0.15, -0.1) is 0 Å². The zero-order valence-electron chi connectivity index (χ0n) is 9.88. The Balaban J connectivity index is 2.59. The van der Waals surface area contributed by atoms with E-state index in [1.54, 1.807) is 0 Å². The molecule has 19 heavy (non-hydrogen) atoms. The van der Waals surface area contributed by atoms with Crippen molar-refractivity contribution in [3.05, 3.63) is 35.4 Å². The molecule has 104 valence electrons. The van der Waals surface area contributed by atoms with Gasteiger partial charge in [0.15, 0.2) is 5.11 Å². The fourth-order valence-corrected chi connectivity index (χ4v) is 1.38. The SMILES string of the molecule is COC(=O)NC(=S)NCc1cccc(C(F)(F)F)c1. The van der Waals surface area contributed by atoms with Gasteiger partial charge < -0.3 is 10.1 Å². The molecule has 2 N–H and O–H groups in total. The lowest BCUT2D eigenvalue weighted by atomic mass is 10.1. The summed E-state index contributed by atoms with van der Waals surface area (Å²) in [6.07, 6.45) is -5.14. The van der Waals surface area contributed by atoms with E-state index in [2.05, 4.69) is 15.4 Å². The quantitative estimate of drug-likeness (QED) is 0.822. The number of carbonyl (C=O) groups is 1. The van der Waals surface area contributed by atoms with E-state index in [1.807, 2.05) is 0 Å². The zero-order chi connectivity index (χ0) is 14.5. The predicted octanol–water partition coefficient (Wildman–Crippen LogP) is 2.44. The minimum absolute atomic E-state index is 0.0238. The molecule has 0 spiro atoms. The molecular weight excluding hydrogens is 281 g/mol. The second kappa shape index (κ2) is 6.37. The summed E-state index contributed by atoms with van der Waals surface area (Å²) in [6, 6.07) is 4.81. The highest BCUT2D eigenvalue weighted by atomic mass is 32.1. The van der Waals surface area contributed by atoms with Crippen molar-refractivity contribution < 1.29 is 22.7 Å². The highest BCUT2D eigenvalue weighted by molar-refractivity contribution is 7.80. The van der Waals surface area contributed by atoms with Crippen LogP contribution in [0.3, 0.4) is 0 Å². The van der Waals surface area contributed by atoms with Crippen LogP contribution >= 0.6 is 12.2 Å². The number of hydrogen-bond acceptors (Lipinski definition) is 3. The Bertz CT molecular complexity index is 477. The van der Waals surface area contributed by atoms with Crippen molar-refractivity contribution in [2.75, 3.05) is 7.11 Å². The van der Waals surface area contributed by atoms with Crippen LogP contribution in [0.15, 0.2) is 24.3 Å². The summed E-state index contributed by atoms with van der Waals surface area (Å²) in [7, 11) is 1.17. The highest BCUT2D eigenvalue weighted by Crippen LogP contribution is 2.29. The van der Waals surface area contributed by atoms with Gasteiger partial charge >= 0.3 is 12.3 Å². The van der Waals surface area contributed by atoms with Crippen LogP contribution in [0.25, 0.3) is 0 Å². The number of carbonyl (C=O) groups excluding carboxylic acids is 1. The summed E-state index contributed by atoms with van der Waals surface area (Å²) in [4.78, 5) is 10.8. The number of hydrogen-bond donors (Lipinski definition) is 2. The van der Waals surface area contributed by atoms with E-state index in [0.29, 0.717) is 5.56 Å². The van der Waals surface area contributed by atoms with Gasteiger partial charge in [0, 0.05) is 6.54 Å². The standard InChI is InChI=1S/C11H11F3N2O2S/c1-18-10(17)16-9(19)15-6-7-3-2-4-8(5-7)11(12,13)14/h2-5H,6H2,1H3,(H2,15,16,17,19). The van der Waals surface area contributed by atoms with Crippen LogP contribution in [0, 0.1) is 0 Å². The van der Waals surface area contributed by atoms with Gasteiger partial charge in [-0.05, 0) is 29.9 Å². The zero-order valence-corrected chi connectivity index (χ0v) is 10.7. The van der Waals surface area contributed by atoms with Gasteiger partial charge in [-0.2, -0.15) is 13.2 Å². The number of benzene rings is 1. The molecule has 0 aliphatic rings. The third-order valence-corrected chi connectivity index (χ3v) is 2.35. The van der Waals surface area contributed by atoms with Gasteiger partial charge in [-0.25, -0.2) is 4.79 Å². The first-order chi connectivity index (χ1) is 8.82. The van der Waals surface area contributed by atoms with Gasteiger partial charge in [-0.1, -0.05) is 12.1 Å². The van der Waals surface area contributed by atoms with Gasteiger partial charge in [0.2, 0.25) is 0 Å². The van der Waals surface area contributed by atoms with Crippen LogP contribution in [0.4, 0.5) is 18.0 Å². The molecule has 4 nitrogen and oxygen atoms in total. The van der Waals surface area contributed by atoms with E-state index < -0.39 is 17.8 Å². The number of halogens is 3. The fourth-order valence-electron chi connectivity index (χ4n) is 1.23. The van der Waals surface area contributed by atoms with Crippen molar-refractivity contribution in [1.29, 1.82) is 0 Å².